The average Bonchev–Trinajstić information content (AvgIpc) is 2.16. The summed E-state index contributed by atoms with van der Waals surface area (Å²) in [5.41, 5.74) is 1.55. The highest BCUT2D eigenvalue weighted by atomic mass is 79.9. The number of hydrogen-bond acceptors (Lipinski definition) is 1. The van der Waals surface area contributed by atoms with E-state index >= 15 is 0 Å². The smallest absolute Gasteiger partial charge is 0.0969 e. The third-order valence-electron chi connectivity index (χ3n) is 2.63. The fourth-order valence-electron chi connectivity index (χ4n) is 1.97. The number of aryl methyl sites for hydroxylation is 1. The van der Waals surface area contributed by atoms with E-state index in [9.17, 15) is 5.11 Å². The molecule has 0 spiro atoms. The van der Waals surface area contributed by atoms with Crippen molar-refractivity contribution in [3.63, 3.8) is 0 Å². The van der Waals surface area contributed by atoms with E-state index in [1.807, 2.05) is 12.1 Å². The molecule has 1 N–H and O–H groups in total. The van der Waals surface area contributed by atoms with Crippen molar-refractivity contribution in [2.24, 2.45) is 0 Å². The highest BCUT2D eigenvalue weighted by Crippen LogP contribution is 2.32. The summed E-state index contributed by atoms with van der Waals surface area (Å²) in [6, 6.07) is 9.09. The summed E-state index contributed by atoms with van der Waals surface area (Å²) in [7, 11) is -1.29. The number of hydrogen-bond donors (Lipinski definition) is 1. The van der Waals surface area contributed by atoms with Crippen LogP contribution in [0.5, 0.6) is 0 Å². The molecule has 90 valence electrons. The largest absolute Gasteiger partial charge is 0.385 e. The molecule has 0 amide bonds. The molecule has 0 radical (unpaired) electrons. The topological polar surface area (TPSA) is 20.2 Å². The van der Waals surface area contributed by atoms with Gasteiger partial charge >= 0.3 is 0 Å². The van der Waals surface area contributed by atoms with Gasteiger partial charge in [-0.1, -0.05) is 65.4 Å². The number of rotatable bonds is 4. The lowest BCUT2D eigenvalue weighted by molar-refractivity contribution is 0.0837. The summed E-state index contributed by atoms with van der Waals surface area (Å²) < 4.78 is 0. The van der Waals surface area contributed by atoms with E-state index < -0.39 is 13.7 Å². The molecule has 0 aliphatic rings. The summed E-state index contributed by atoms with van der Waals surface area (Å²) in [6.45, 7) is 8.92. The van der Waals surface area contributed by atoms with Crippen molar-refractivity contribution < 1.29 is 5.11 Å². The Hall–Kier alpha value is -0.123. The molecule has 1 nitrogen and oxygen atoms in total. The highest BCUT2D eigenvalue weighted by Gasteiger charge is 2.33. The zero-order chi connectivity index (χ0) is 12.4. The fourth-order valence-corrected chi connectivity index (χ4v) is 4.94. The van der Waals surface area contributed by atoms with Crippen LogP contribution in [0.1, 0.15) is 11.1 Å². The molecule has 0 aromatic heterocycles. The predicted molar refractivity (Wildman–Crippen MR) is 77.0 cm³/mol. The summed E-state index contributed by atoms with van der Waals surface area (Å²) in [6.07, 6.45) is 0. The Morgan fingerprint density at radius 3 is 2.06 bits per heavy atom. The Morgan fingerprint density at radius 1 is 1.19 bits per heavy atom. The molecule has 1 rings (SSSR count). The first kappa shape index (κ1) is 13.9. The molecule has 3 heteroatoms. The van der Waals surface area contributed by atoms with E-state index in [0.29, 0.717) is 5.33 Å². The molecule has 0 saturated carbocycles. The quantitative estimate of drug-likeness (QED) is 0.660. The third kappa shape index (κ3) is 3.72. The van der Waals surface area contributed by atoms with Gasteiger partial charge in [0.05, 0.1) is 5.60 Å². The van der Waals surface area contributed by atoms with Crippen molar-refractivity contribution in [2.75, 3.05) is 5.33 Å². The van der Waals surface area contributed by atoms with Crippen molar-refractivity contribution in [1.29, 1.82) is 0 Å². The van der Waals surface area contributed by atoms with Gasteiger partial charge in [0.25, 0.3) is 0 Å². The van der Waals surface area contributed by atoms with Crippen molar-refractivity contribution in [2.45, 2.75) is 38.2 Å². The third-order valence-corrected chi connectivity index (χ3v) is 5.21. The fraction of sp³-hybridized carbons (Fsp3) is 0.538. The van der Waals surface area contributed by atoms with Crippen LogP contribution < -0.4 is 0 Å². The minimum absolute atomic E-state index is 0.604. The van der Waals surface area contributed by atoms with Crippen LogP contribution in [-0.4, -0.2) is 18.5 Å². The molecule has 1 atom stereocenters. The molecular weight excluding hydrogens is 280 g/mol. The summed E-state index contributed by atoms with van der Waals surface area (Å²) in [5.74, 6) is 0. The van der Waals surface area contributed by atoms with Crippen LogP contribution in [0.25, 0.3) is 0 Å². The van der Waals surface area contributed by atoms with E-state index in [-0.39, 0.29) is 0 Å². The Morgan fingerprint density at radius 2 is 1.69 bits per heavy atom. The molecule has 16 heavy (non-hydrogen) atoms. The van der Waals surface area contributed by atoms with Crippen LogP contribution in [0.4, 0.5) is 0 Å². The van der Waals surface area contributed by atoms with Gasteiger partial charge < -0.3 is 5.11 Å². The van der Waals surface area contributed by atoms with Gasteiger partial charge in [-0.25, -0.2) is 0 Å². The first-order valence-electron chi connectivity index (χ1n) is 5.62. The Kier molecular flexibility index (Phi) is 4.38. The van der Waals surface area contributed by atoms with E-state index in [1.54, 1.807) is 0 Å². The number of alkyl halides is 1. The maximum atomic E-state index is 10.7. The van der Waals surface area contributed by atoms with E-state index in [4.69, 9.17) is 0 Å². The van der Waals surface area contributed by atoms with Crippen molar-refractivity contribution in [3.8, 4) is 0 Å². The van der Waals surface area contributed by atoms with E-state index in [2.05, 4.69) is 54.6 Å². The van der Waals surface area contributed by atoms with Crippen LogP contribution in [0, 0.1) is 6.92 Å². The number of aliphatic hydroxyl groups is 1. The van der Waals surface area contributed by atoms with Gasteiger partial charge in [-0.05, 0) is 18.5 Å². The van der Waals surface area contributed by atoms with Crippen LogP contribution in [0.3, 0.4) is 0 Å². The molecule has 0 aliphatic carbocycles. The number of benzene rings is 1. The van der Waals surface area contributed by atoms with Crippen molar-refractivity contribution in [3.05, 3.63) is 35.4 Å². The molecule has 0 fully saturated rings. The maximum Gasteiger partial charge on any atom is 0.0969 e. The predicted octanol–water partition coefficient (Wildman–Crippen LogP) is 3.92. The molecule has 0 saturated heterocycles. The Labute approximate surface area is 108 Å². The van der Waals surface area contributed by atoms with Crippen LogP contribution in [0.2, 0.25) is 25.7 Å². The molecule has 1 aromatic carbocycles. The summed E-state index contributed by atoms with van der Waals surface area (Å²) in [4.78, 5) is 0. The normalized spacial score (nSPS) is 15.9. The molecule has 0 heterocycles. The SMILES string of the molecule is Cc1ccc(C(O)(CBr)C[Si](C)(C)C)cc1. The van der Waals surface area contributed by atoms with Crippen molar-refractivity contribution >= 4 is 24.0 Å². The van der Waals surface area contributed by atoms with Gasteiger partial charge in [-0.3, -0.25) is 0 Å². The van der Waals surface area contributed by atoms with Crippen LogP contribution >= 0.6 is 15.9 Å². The molecule has 1 unspecified atom stereocenters. The summed E-state index contributed by atoms with van der Waals surface area (Å²) in [5, 5.41) is 11.3. The van der Waals surface area contributed by atoms with Gasteiger partial charge in [0.2, 0.25) is 0 Å². The molecular formula is C13H21BrOSi. The lowest BCUT2D eigenvalue weighted by Gasteiger charge is -2.32. The number of halogens is 1. The van der Waals surface area contributed by atoms with Gasteiger partial charge in [0.1, 0.15) is 0 Å². The van der Waals surface area contributed by atoms with E-state index in [1.165, 1.54) is 5.56 Å². The van der Waals surface area contributed by atoms with Gasteiger partial charge in [0, 0.05) is 13.4 Å². The lowest BCUT2D eigenvalue weighted by Crippen LogP contribution is -2.37. The lowest BCUT2D eigenvalue weighted by atomic mass is 9.97. The summed E-state index contributed by atoms with van der Waals surface area (Å²) >= 11 is 3.45. The second kappa shape index (κ2) is 5.03. The Balaban J connectivity index is 3.00. The van der Waals surface area contributed by atoms with Gasteiger partial charge in [-0.15, -0.1) is 0 Å². The first-order valence-corrected chi connectivity index (χ1v) is 10.5. The van der Waals surface area contributed by atoms with E-state index in [0.717, 1.165) is 11.6 Å². The Bertz CT molecular complexity index is 342. The standard InChI is InChI=1S/C13H21BrOSi/c1-11-5-7-12(8-6-11)13(15,9-14)10-16(2,3)4/h5-8,15H,9-10H2,1-4H3. The zero-order valence-electron chi connectivity index (χ0n) is 10.5. The second-order valence-electron chi connectivity index (χ2n) is 5.77. The average molecular weight is 301 g/mol. The molecule has 0 bridgehead atoms. The molecule has 0 aliphatic heterocycles. The zero-order valence-corrected chi connectivity index (χ0v) is 13.1. The maximum absolute atomic E-state index is 10.7. The minimum atomic E-state index is -1.29. The highest BCUT2D eigenvalue weighted by molar-refractivity contribution is 9.09. The first-order chi connectivity index (χ1) is 7.27. The van der Waals surface area contributed by atoms with Gasteiger partial charge in [-0.2, -0.15) is 0 Å². The molecule has 1 aromatic rings. The second-order valence-corrected chi connectivity index (χ2v) is 11.8. The minimum Gasteiger partial charge on any atom is -0.385 e. The van der Waals surface area contributed by atoms with Crippen LogP contribution in [0.15, 0.2) is 24.3 Å². The monoisotopic (exact) mass is 300 g/mol. The van der Waals surface area contributed by atoms with Crippen molar-refractivity contribution in [1.82, 2.24) is 0 Å². The van der Waals surface area contributed by atoms with Crippen LogP contribution in [-0.2, 0) is 5.60 Å². The van der Waals surface area contributed by atoms with Gasteiger partial charge in [0.15, 0.2) is 0 Å².